The van der Waals surface area contributed by atoms with E-state index >= 15 is 0 Å². The maximum Gasteiger partial charge on any atom is 0.251 e. The second-order valence-electron chi connectivity index (χ2n) is 3.70. The van der Waals surface area contributed by atoms with Crippen LogP contribution in [0.25, 0.3) is 0 Å². The first-order valence-corrected chi connectivity index (χ1v) is 5.35. The van der Waals surface area contributed by atoms with Crippen molar-refractivity contribution in [2.24, 2.45) is 0 Å². The van der Waals surface area contributed by atoms with E-state index in [0.717, 1.165) is 0 Å². The Morgan fingerprint density at radius 1 is 1.65 bits per heavy atom. The van der Waals surface area contributed by atoms with Gasteiger partial charge in [0, 0.05) is 12.3 Å². The molecule has 2 rings (SSSR count). The smallest absolute Gasteiger partial charge is 0.251 e. The van der Waals surface area contributed by atoms with Gasteiger partial charge in [0.2, 0.25) is 0 Å². The molecule has 1 aliphatic heterocycles. The number of aliphatic hydroxyl groups is 2. The van der Waals surface area contributed by atoms with Gasteiger partial charge in [0.1, 0.15) is 12.2 Å². The first-order chi connectivity index (χ1) is 8.04. The molecule has 2 heterocycles. The number of ether oxygens (including phenoxy) is 1. The summed E-state index contributed by atoms with van der Waals surface area (Å²) in [5.41, 5.74) is -0.394. The fourth-order valence-corrected chi connectivity index (χ4v) is 1.98. The number of halogens is 1. The van der Waals surface area contributed by atoms with Crippen molar-refractivity contribution in [3.8, 4) is 0 Å². The van der Waals surface area contributed by atoms with Crippen LogP contribution in [0.15, 0.2) is 17.1 Å². The number of nitrogens with one attached hydrogen (secondary N) is 1. The summed E-state index contributed by atoms with van der Waals surface area (Å²) in [7, 11) is 0. The lowest BCUT2D eigenvalue weighted by atomic mass is 10.1. The van der Waals surface area contributed by atoms with Gasteiger partial charge in [-0.05, 0) is 12.2 Å². The molecule has 0 amide bonds. The molecule has 0 radical (unpaired) electrons. The highest BCUT2D eigenvalue weighted by Gasteiger charge is 2.44. The van der Waals surface area contributed by atoms with Crippen molar-refractivity contribution < 1.29 is 19.3 Å². The van der Waals surface area contributed by atoms with E-state index in [1.165, 1.54) is 16.8 Å². The molecule has 17 heavy (non-hydrogen) atoms. The lowest BCUT2D eigenvalue weighted by Gasteiger charge is -2.17. The Hall–Kier alpha value is -1.09. The molecule has 0 aromatic carbocycles. The van der Waals surface area contributed by atoms with Crippen LogP contribution in [0.2, 0.25) is 0 Å². The number of nitrogens with zero attached hydrogens (tertiary/aromatic N) is 1. The third kappa shape index (κ3) is 2.16. The van der Waals surface area contributed by atoms with Crippen molar-refractivity contribution in [2.45, 2.75) is 24.6 Å². The number of aliphatic hydroxyl groups excluding tert-OH is 2. The Morgan fingerprint density at radius 2 is 2.35 bits per heavy atom. The van der Waals surface area contributed by atoms with E-state index in [2.05, 4.69) is 4.98 Å². The van der Waals surface area contributed by atoms with E-state index in [1.807, 2.05) is 0 Å². The number of rotatable bonds is 2. The molecule has 1 aromatic rings. The van der Waals surface area contributed by atoms with Crippen molar-refractivity contribution >= 4 is 12.2 Å². The van der Waals surface area contributed by atoms with Crippen LogP contribution in [0.5, 0.6) is 0 Å². The normalized spacial score (nSPS) is 32.9. The van der Waals surface area contributed by atoms with Crippen LogP contribution < -0.4 is 5.56 Å². The summed E-state index contributed by atoms with van der Waals surface area (Å²) < 4.78 is 19.9. The van der Waals surface area contributed by atoms with Crippen LogP contribution in [-0.2, 0) is 4.74 Å². The van der Waals surface area contributed by atoms with Crippen LogP contribution >= 0.6 is 12.2 Å². The number of hydrogen-bond acceptors (Lipinski definition) is 5. The maximum atomic E-state index is 13.5. The molecule has 4 atom stereocenters. The molecule has 1 saturated heterocycles. The lowest BCUT2D eigenvalue weighted by Crippen LogP contribution is -2.30. The molecule has 4 unspecified atom stereocenters. The molecular formula is C9H11FN2O4S. The van der Waals surface area contributed by atoms with Gasteiger partial charge in [-0.2, -0.15) is 0 Å². The number of aromatic nitrogens is 2. The first-order valence-electron chi connectivity index (χ1n) is 4.94. The summed E-state index contributed by atoms with van der Waals surface area (Å²) >= 11 is 4.87. The molecule has 0 aliphatic carbocycles. The van der Waals surface area contributed by atoms with E-state index in [9.17, 15) is 14.3 Å². The van der Waals surface area contributed by atoms with E-state index in [1.54, 1.807) is 0 Å². The van der Waals surface area contributed by atoms with Gasteiger partial charge in [-0.25, -0.2) is 4.39 Å². The molecule has 6 nitrogen and oxygen atoms in total. The number of alkyl halides is 1. The van der Waals surface area contributed by atoms with Crippen LogP contribution in [0.4, 0.5) is 4.39 Å². The van der Waals surface area contributed by atoms with Gasteiger partial charge in [0.25, 0.3) is 5.56 Å². The van der Waals surface area contributed by atoms with Gasteiger partial charge < -0.3 is 14.9 Å². The fraction of sp³-hybridized carbons (Fsp3) is 0.556. The minimum Gasteiger partial charge on any atom is -0.394 e. The molecule has 8 heteroatoms. The van der Waals surface area contributed by atoms with Gasteiger partial charge in [0.15, 0.2) is 17.2 Å². The fourth-order valence-electron chi connectivity index (χ4n) is 1.71. The molecule has 3 N–H and O–H groups in total. The Balaban J connectivity index is 2.35. The highest BCUT2D eigenvalue weighted by atomic mass is 32.1. The third-order valence-electron chi connectivity index (χ3n) is 2.59. The van der Waals surface area contributed by atoms with Crippen LogP contribution in [0.1, 0.15) is 6.23 Å². The minimum absolute atomic E-state index is 0.0207. The first kappa shape index (κ1) is 12.4. The molecule has 0 spiro atoms. The Morgan fingerprint density at radius 3 is 2.88 bits per heavy atom. The van der Waals surface area contributed by atoms with Crippen molar-refractivity contribution in [3.63, 3.8) is 0 Å². The maximum absolute atomic E-state index is 13.5. The highest BCUT2D eigenvalue weighted by molar-refractivity contribution is 7.71. The zero-order valence-electron chi connectivity index (χ0n) is 8.62. The van der Waals surface area contributed by atoms with E-state index in [-0.39, 0.29) is 4.77 Å². The SMILES string of the molecule is O=c1ccn(C2OC(CO)C(F)C2O)c(=S)[nH]1. The average Bonchev–Trinajstić information content (AvgIpc) is 2.57. The Kier molecular flexibility index (Phi) is 3.38. The highest BCUT2D eigenvalue weighted by Crippen LogP contribution is 2.30. The Labute approximate surface area is 100 Å². The summed E-state index contributed by atoms with van der Waals surface area (Å²) in [5, 5.41) is 18.5. The van der Waals surface area contributed by atoms with E-state index in [0.29, 0.717) is 0 Å². The Bertz CT molecular complexity index is 516. The van der Waals surface area contributed by atoms with Crippen LogP contribution in [0, 0.1) is 4.77 Å². The molecular weight excluding hydrogens is 251 g/mol. The molecule has 1 fully saturated rings. The van der Waals surface area contributed by atoms with E-state index in [4.69, 9.17) is 22.1 Å². The number of hydrogen-bond donors (Lipinski definition) is 3. The summed E-state index contributed by atoms with van der Waals surface area (Å²) in [6.07, 6.45) is -3.97. The van der Waals surface area contributed by atoms with Crippen molar-refractivity contribution in [3.05, 3.63) is 27.4 Å². The van der Waals surface area contributed by atoms with E-state index < -0.39 is 36.8 Å². The van der Waals surface area contributed by atoms with Gasteiger partial charge in [-0.3, -0.25) is 14.3 Å². The quantitative estimate of drug-likeness (QED) is 0.625. The van der Waals surface area contributed by atoms with Gasteiger partial charge in [-0.15, -0.1) is 0 Å². The molecule has 1 aromatic heterocycles. The van der Waals surface area contributed by atoms with Crippen LogP contribution in [-0.4, -0.2) is 44.8 Å². The predicted octanol–water partition coefficient (Wildman–Crippen LogP) is -0.505. The average molecular weight is 262 g/mol. The number of H-pyrrole nitrogens is 1. The third-order valence-corrected chi connectivity index (χ3v) is 2.91. The zero-order chi connectivity index (χ0) is 12.6. The van der Waals surface area contributed by atoms with Gasteiger partial charge >= 0.3 is 0 Å². The summed E-state index contributed by atoms with van der Waals surface area (Å²) in [6.45, 7) is -0.536. The van der Waals surface area contributed by atoms with Crippen molar-refractivity contribution in [1.29, 1.82) is 0 Å². The standard InChI is InChI=1S/C9H11FN2O4S/c10-6-4(3-13)16-8(7(6)15)12-2-1-5(14)11-9(12)17/h1-2,4,6-8,13,15H,3H2,(H,11,14,17). The zero-order valence-corrected chi connectivity index (χ0v) is 9.43. The lowest BCUT2D eigenvalue weighted by molar-refractivity contribution is -0.0528. The minimum atomic E-state index is -1.70. The number of aromatic amines is 1. The molecule has 0 bridgehead atoms. The topological polar surface area (TPSA) is 87.5 Å². The van der Waals surface area contributed by atoms with Crippen molar-refractivity contribution in [2.75, 3.05) is 6.61 Å². The monoisotopic (exact) mass is 262 g/mol. The van der Waals surface area contributed by atoms with Crippen molar-refractivity contribution in [1.82, 2.24) is 9.55 Å². The molecule has 0 saturated carbocycles. The summed E-state index contributed by atoms with van der Waals surface area (Å²) in [6, 6.07) is 1.19. The van der Waals surface area contributed by atoms with Crippen LogP contribution in [0.3, 0.4) is 0 Å². The van der Waals surface area contributed by atoms with Gasteiger partial charge in [0.05, 0.1) is 6.61 Å². The summed E-state index contributed by atoms with van der Waals surface area (Å²) in [4.78, 5) is 13.3. The second kappa shape index (κ2) is 4.65. The molecule has 94 valence electrons. The van der Waals surface area contributed by atoms with Gasteiger partial charge in [-0.1, -0.05) is 0 Å². The second-order valence-corrected chi connectivity index (χ2v) is 4.09. The summed E-state index contributed by atoms with van der Waals surface area (Å²) in [5.74, 6) is 0. The molecule has 1 aliphatic rings. The predicted molar refractivity (Wildman–Crippen MR) is 57.8 cm³/mol. The largest absolute Gasteiger partial charge is 0.394 e.